The Bertz CT molecular complexity index is 767. The van der Waals surface area contributed by atoms with Gasteiger partial charge in [0.15, 0.2) is 6.17 Å². The molecule has 0 amide bonds. The summed E-state index contributed by atoms with van der Waals surface area (Å²) < 4.78 is 239. The van der Waals surface area contributed by atoms with E-state index in [2.05, 4.69) is 0 Å². The van der Waals surface area contributed by atoms with Gasteiger partial charge >= 0.3 is 53.5 Å². The summed E-state index contributed by atoms with van der Waals surface area (Å²) in [5, 5.41) is 0. The van der Waals surface area contributed by atoms with E-state index < -0.39 is 72.5 Å². The predicted octanol–water partition coefficient (Wildman–Crippen LogP) is 6.41. The Morgan fingerprint density at radius 3 is 1.18 bits per heavy atom. The number of ether oxygens (including phenoxy) is 1. The maximum atomic E-state index is 13.4. The molecule has 0 aliphatic carbocycles. The molecule has 0 fully saturated rings. The molecule has 0 aromatic heterocycles. The monoisotopic (exact) mass is 536 g/mol. The normalized spacial score (nSPS) is 16.5. The summed E-state index contributed by atoms with van der Waals surface area (Å²) in [6.07, 6.45) is -12.0. The molecule has 2 nitrogen and oxygen atoms in total. The molecule has 196 valence electrons. The number of carbonyl (C=O) groups excluding carboxylic acids is 1. The van der Waals surface area contributed by atoms with Gasteiger partial charge in [0.25, 0.3) is 0 Å². The van der Waals surface area contributed by atoms with Crippen LogP contribution >= 0.6 is 0 Å². The van der Waals surface area contributed by atoms with Crippen LogP contribution in [0.25, 0.3) is 0 Å². The van der Waals surface area contributed by atoms with Crippen LogP contribution in [0.4, 0.5) is 79.0 Å². The van der Waals surface area contributed by atoms with Crippen molar-refractivity contribution in [3.05, 3.63) is 12.4 Å². The lowest BCUT2D eigenvalue weighted by molar-refractivity contribution is -0.469. The molecule has 33 heavy (non-hydrogen) atoms. The average molecular weight is 536 g/mol. The van der Waals surface area contributed by atoms with E-state index in [0.29, 0.717) is 0 Å². The van der Waals surface area contributed by atoms with Gasteiger partial charge in [-0.25, -0.2) is 9.18 Å². The molecular weight excluding hydrogens is 530 g/mol. The summed E-state index contributed by atoms with van der Waals surface area (Å²) in [5.74, 6) is -64.1. The fourth-order valence-electron chi connectivity index (χ4n) is 1.67. The second-order valence-electron chi connectivity index (χ2n) is 6.00. The van der Waals surface area contributed by atoms with Crippen molar-refractivity contribution in [1.29, 1.82) is 0 Å². The summed E-state index contributed by atoms with van der Waals surface area (Å²) >= 11 is 0. The van der Waals surface area contributed by atoms with E-state index in [9.17, 15) is 83.8 Å². The molecule has 0 rings (SSSR count). The van der Waals surface area contributed by atoms with Gasteiger partial charge in [-0.3, -0.25) is 0 Å². The van der Waals surface area contributed by atoms with Gasteiger partial charge < -0.3 is 4.74 Å². The van der Waals surface area contributed by atoms with Crippen LogP contribution in [0.3, 0.4) is 0 Å². The maximum absolute atomic E-state index is 13.4. The molecule has 0 aliphatic heterocycles. The van der Waals surface area contributed by atoms with E-state index in [1.165, 1.54) is 0 Å². The van der Waals surface area contributed by atoms with Gasteiger partial charge in [-0.1, -0.05) is 6.58 Å². The third-order valence-corrected chi connectivity index (χ3v) is 3.70. The summed E-state index contributed by atoms with van der Waals surface area (Å²) in [5.41, 5.74) is 0. The lowest BCUT2D eigenvalue weighted by Crippen LogP contribution is -2.75. The molecule has 1 atom stereocenters. The highest BCUT2D eigenvalue weighted by atomic mass is 19.4. The van der Waals surface area contributed by atoms with E-state index in [4.69, 9.17) is 0 Å². The van der Waals surface area contributed by atoms with Crippen LogP contribution in [0, 0.1) is 0 Å². The quantitative estimate of drug-likeness (QED) is 0.183. The van der Waals surface area contributed by atoms with E-state index in [0.717, 1.165) is 0 Å². The molecule has 0 saturated heterocycles. The third-order valence-electron chi connectivity index (χ3n) is 3.70. The Morgan fingerprint density at radius 2 is 0.909 bits per heavy atom. The second kappa shape index (κ2) is 8.02. The summed E-state index contributed by atoms with van der Waals surface area (Å²) in [6.45, 7) is 1.10. The Hall–Kier alpha value is -2.05. The summed E-state index contributed by atoms with van der Waals surface area (Å²) in [4.78, 5) is 10.4. The number of alkyl halides is 17. The van der Waals surface area contributed by atoms with Crippen molar-refractivity contribution in [2.24, 2.45) is 0 Å². The predicted molar refractivity (Wildman–Crippen MR) is 66.5 cm³/mol. The first-order valence-electron chi connectivity index (χ1n) is 7.26. The number of carbonyl (C=O) groups is 1. The van der Waals surface area contributed by atoms with Gasteiger partial charge in [0.05, 0.1) is 0 Å². The van der Waals surface area contributed by atoms with Crippen molar-refractivity contribution in [2.45, 2.75) is 60.7 Å². The Labute approximate surface area is 169 Å². The molecule has 0 aromatic carbocycles. The van der Waals surface area contributed by atoms with Crippen LogP contribution in [0.15, 0.2) is 12.4 Å². The van der Waals surface area contributed by atoms with Gasteiger partial charge in [0.2, 0.25) is 5.83 Å². The van der Waals surface area contributed by atoms with Gasteiger partial charge in [-0.05, 0) is 6.92 Å². The zero-order valence-electron chi connectivity index (χ0n) is 14.9. The Morgan fingerprint density at radius 1 is 0.636 bits per heavy atom. The van der Waals surface area contributed by atoms with Gasteiger partial charge in [-0.2, -0.15) is 74.6 Å². The van der Waals surface area contributed by atoms with Gasteiger partial charge in [-0.15, -0.1) is 0 Å². The van der Waals surface area contributed by atoms with E-state index in [1.807, 2.05) is 11.3 Å². The zero-order chi connectivity index (χ0) is 27.4. The van der Waals surface area contributed by atoms with Crippen molar-refractivity contribution in [1.82, 2.24) is 0 Å². The van der Waals surface area contributed by atoms with E-state index in [-0.39, 0.29) is 0 Å². The van der Waals surface area contributed by atoms with Crippen LogP contribution < -0.4 is 0 Å². The molecule has 0 N–H and O–H groups in total. The van der Waals surface area contributed by atoms with Crippen LogP contribution in [0.2, 0.25) is 0 Å². The Balaban J connectivity index is 6.80. The SMILES string of the molecule is C=C(F)C(=O)OC(F)(F)C(F)(F)C(F)(F)C(F)(F)C(F)(F)C(F)(F)C(F)(F)C(F)(F)C(C)F. The largest absolute Gasteiger partial charge is 0.473 e. The number of hydrogen-bond donors (Lipinski definition) is 0. The van der Waals surface area contributed by atoms with Crippen molar-refractivity contribution < 1.29 is 88.6 Å². The molecule has 0 radical (unpaired) electrons. The van der Waals surface area contributed by atoms with Crippen LogP contribution in [0.1, 0.15) is 6.92 Å². The number of esters is 1. The molecular formula is C13H6F18O2. The number of halogens is 18. The molecule has 0 saturated carbocycles. The number of rotatable bonds is 10. The molecule has 0 aliphatic rings. The minimum Gasteiger partial charge on any atom is -0.391 e. The van der Waals surface area contributed by atoms with Crippen molar-refractivity contribution >= 4 is 5.97 Å². The van der Waals surface area contributed by atoms with E-state index >= 15 is 0 Å². The second-order valence-corrected chi connectivity index (χ2v) is 6.00. The highest BCUT2D eigenvalue weighted by molar-refractivity contribution is 5.85. The van der Waals surface area contributed by atoms with Gasteiger partial charge in [0, 0.05) is 0 Å². The molecule has 0 aromatic rings. The van der Waals surface area contributed by atoms with Crippen molar-refractivity contribution in [2.75, 3.05) is 0 Å². The van der Waals surface area contributed by atoms with Crippen LogP contribution in [-0.2, 0) is 9.53 Å². The minimum absolute atomic E-state index is 0.712. The smallest absolute Gasteiger partial charge is 0.391 e. The number of hydrogen-bond acceptors (Lipinski definition) is 2. The fraction of sp³-hybridized carbons (Fsp3) is 0.769. The first-order valence-corrected chi connectivity index (χ1v) is 7.26. The van der Waals surface area contributed by atoms with Crippen LogP contribution in [-0.4, -0.2) is 59.7 Å². The maximum Gasteiger partial charge on any atom is 0.473 e. The van der Waals surface area contributed by atoms with E-state index in [1.54, 1.807) is 0 Å². The molecule has 1 unspecified atom stereocenters. The first kappa shape index (κ1) is 30.9. The molecule has 0 spiro atoms. The van der Waals surface area contributed by atoms with Gasteiger partial charge in [0.1, 0.15) is 0 Å². The molecule has 0 bridgehead atoms. The highest BCUT2D eigenvalue weighted by Crippen LogP contribution is 2.64. The molecule has 20 heteroatoms. The lowest BCUT2D eigenvalue weighted by atomic mass is 9.88. The standard InChI is InChI=1S/C13H6F18O2/c1-3(14)5(32)33-13(30,31)12(28,29)11(26,27)10(24,25)9(22,23)8(20,21)7(18,19)6(16,17)4(2)15/h4H,1H2,2H3. The summed E-state index contributed by atoms with van der Waals surface area (Å²) in [6, 6.07) is 0. The Kier molecular flexibility index (Phi) is 7.52. The van der Waals surface area contributed by atoms with Crippen molar-refractivity contribution in [3.8, 4) is 0 Å². The zero-order valence-corrected chi connectivity index (χ0v) is 14.9. The average Bonchev–Trinajstić information content (AvgIpc) is 2.59. The highest BCUT2D eigenvalue weighted by Gasteiger charge is 2.95. The fourth-order valence-corrected chi connectivity index (χ4v) is 1.67. The summed E-state index contributed by atoms with van der Waals surface area (Å²) in [7, 11) is 0. The van der Waals surface area contributed by atoms with Crippen LogP contribution in [0.5, 0.6) is 0 Å². The first-order chi connectivity index (χ1) is 14.0. The molecule has 0 heterocycles. The third kappa shape index (κ3) is 4.06. The topological polar surface area (TPSA) is 26.3 Å². The minimum atomic E-state index is -8.78. The van der Waals surface area contributed by atoms with Crippen molar-refractivity contribution in [3.63, 3.8) is 0 Å². The lowest BCUT2D eigenvalue weighted by Gasteiger charge is -2.43.